The molecule has 0 aliphatic rings. The van der Waals surface area contributed by atoms with Gasteiger partial charge >= 0.3 is 0 Å². The maximum absolute atomic E-state index is 13.0. The van der Waals surface area contributed by atoms with Gasteiger partial charge in [0.1, 0.15) is 5.82 Å². The molecule has 1 aromatic heterocycles. The fraction of sp³-hybridized carbons (Fsp3) is 0.133. The van der Waals surface area contributed by atoms with Crippen LogP contribution in [-0.2, 0) is 6.54 Å². The lowest BCUT2D eigenvalue weighted by atomic mass is 10.2. The zero-order chi connectivity index (χ0) is 14.4. The second kappa shape index (κ2) is 6.85. The number of thiophene rings is 1. The van der Waals surface area contributed by atoms with Crippen molar-refractivity contribution in [3.8, 4) is 11.8 Å². The molecule has 0 atom stereocenters. The second-order valence-electron chi connectivity index (χ2n) is 3.96. The highest BCUT2D eigenvalue weighted by atomic mass is 32.1. The maximum atomic E-state index is 13.0. The van der Waals surface area contributed by atoms with Gasteiger partial charge in [-0.2, -0.15) is 0 Å². The molecule has 5 heteroatoms. The number of hydrogen-bond acceptors (Lipinski definition) is 3. The molecule has 0 saturated heterocycles. The van der Waals surface area contributed by atoms with Gasteiger partial charge in [0.25, 0.3) is 5.91 Å². The van der Waals surface area contributed by atoms with Crippen molar-refractivity contribution in [1.29, 1.82) is 0 Å². The van der Waals surface area contributed by atoms with E-state index in [-0.39, 0.29) is 5.91 Å². The molecular weight excluding hydrogens is 275 g/mol. The third kappa shape index (κ3) is 3.92. The number of nitrogens with one attached hydrogen (secondary N) is 1. The van der Waals surface area contributed by atoms with Crippen molar-refractivity contribution in [2.24, 2.45) is 5.73 Å². The fourth-order valence-electron chi connectivity index (χ4n) is 1.58. The van der Waals surface area contributed by atoms with Gasteiger partial charge in [0.05, 0.1) is 18.0 Å². The molecule has 3 N–H and O–H groups in total. The summed E-state index contributed by atoms with van der Waals surface area (Å²) in [6.45, 7) is 0.716. The molecule has 1 amide bonds. The zero-order valence-corrected chi connectivity index (χ0v) is 11.5. The number of benzene rings is 1. The van der Waals surface area contributed by atoms with Gasteiger partial charge in [-0.1, -0.05) is 17.9 Å². The van der Waals surface area contributed by atoms with Gasteiger partial charge in [0.2, 0.25) is 0 Å². The Morgan fingerprint density at radius 1 is 1.35 bits per heavy atom. The second-order valence-corrected chi connectivity index (χ2v) is 5.13. The predicted molar refractivity (Wildman–Crippen MR) is 77.8 cm³/mol. The number of hydrogen-bond donors (Lipinski definition) is 2. The Morgan fingerprint density at radius 3 is 2.95 bits per heavy atom. The van der Waals surface area contributed by atoms with E-state index in [1.54, 1.807) is 6.07 Å². The third-order valence-corrected chi connectivity index (χ3v) is 3.49. The normalized spacial score (nSPS) is 9.70. The lowest BCUT2D eigenvalue weighted by Gasteiger charge is -2.03. The van der Waals surface area contributed by atoms with Crippen LogP contribution in [0.3, 0.4) is 0 Å². The van der Waals surface area contributed by atoms with Crippen molar-refractivity contribution in [3.63, 3.8) is 0 Å². The Labute approximate surface area is 120 Å². The Bertz CT molecular complexity index is 670. The van der Waals surface area contributed by atoms with Gasteiger partial charge in [-0.05, 0) is 30.3 Å². The quantitative estimate of drug-likeness (QED) is 0.850. The van der Waals surface area contributed by atoms with E-state index in [9.17, 15) is 9.18 Å². The molecule has 1 heterocycles. The van der Waals surface area contributed by atoms with Gasteiger partial charge in [-0.25, -0.2) is 4.39 Å². The topological polar surface area (TPSA) is 55.1 Å². The van der Waals surface area contributed by atoms with Gasteiger partial charge in [0.15, 0.2) is 0 Å². The van der Waals surface area contributed by atoms with Crippen LogP contribution in [0.25, 0.3) is 0 Å². The summed E-state index contributed by atoms with van der Waals surface area (Å²) in [5, 5.41) is 2.74. The maximum Gasteiger partial charge on any atom is 0.251 e. The van der Waals surface area contributed by atoms with Crippen molar-refractivity contribution in [3.05, 3.63) is 57.5 Å². The lowest BCUT2D eigenvalue weighted by Crippen LogP contribution is -2.22. The fourth-order valence-corrected chi connectivity index (χ4v) is 2.40. The number of carbonyl (C=O) groups excluding carboxylic acids is 1. The minimum atomic E-state index is -0.423. The van der Waals surface area contributed by atoms with E-state index in [4.69, 9.17) is 5.73 Å². The summed E-state index contributed by atoms with van der Waals surface area (Å²) in [6, 6.07) is 9.38. The highest BCUT2D eigenvalue weighted by Crippen LogP contribution is 2.15. The molecule has 0 radical (unpaired) electrons. The largest absolute Gasteiger partial charge is 0.347 e. The highest BCUT2D eigenvalue weighted by Gasteiger charge is 2.06. The van der Waals surface area contributed by atoms with Crippen molar-refractivity contribution in [1.82, 2.24) is 5.32 Å². The molecule has 0 unspecified atom stereocenters. The Morgan fingerprint density at radius 2 is 2.20 bits per heavy atom. The molecule has 2 aromatic rings. The molecule has 0 fully saturated rings. The van der Waals surface area contributed by atoms with E-state index in [1.807, 2.05) is 12.1 Å². The first-order valence-electron chi connectivity index (χ1n) is 6.00. The SMILES string of the molecule is NCC#Cc1ccc(CNC(=O)c2cccc(F)c2)s1. The van der Waals surface area contributed by atoms with E-state index < -0.39 is 5.82 Å². The number of nitrogens with two attached hydrogens (primary N) is 1. The molecule has 0 aliphatic carbocycles. The third-order valence-electron chi connectivity index (χ3n) is 2.49. The average Bonchev–Trinajstić information content (AvgIpc) is 2.90. The molecular formula is C15H13FN2OS. The van der Waals surface area contributed by atoms with Crippen LogP contribution in [0.2, 0.25) is 0 Å². The summed E-state index contributed by atoms with van der Waals surface area (Å²) in [4.78, 5) is 13.7. The first kappa shape index (κ1) is 14.3. The first-order valence-corrected chi connectivity index (χ1v) is 6.82. The molecule has 3 nitrogen and oxygen atoms in total. The summed E-state index contributed by atoms with van der Waals surface area (Å²) in [6.07, 6.45) is 0. The lowest BCUT2D eigenvalue weighted by molar-refractivity contribution is 0.0951. The standard InChI is InChI=1S/C15H13FN2OS/c16-12-4-1-3-11(9-12)15(19)18-10-14-7-6-13(20-14)5-2-8-17/h1,3-4,6-7,9H,8,10,17H2,(H,18,19). The number of amides is 1. The molecule has 1 aromatic carbocycles. The number of halogens is 1. The van der Waals surface area contributed by atoms with Crippen LogP contribution >= 0.6 is 11.3 Å². The number of rotatable bonds is 3. The van der Waals surface area contributed by atoms with Crippen molar-refractivity contribution >= 4 is 17.2 Å². The van der Waals surface area contributed by atoms with E-state index in [0.717, 1.165) is 9.75 Å². The summed E-state index contributed by atoms with van der Waals surface area (Å²) in [5.41, 5.74) is 5.61. The van der Waals surface area contributed by atoms with Crippen LogP contribution in [0.5, 0.6) is 0 Å². The Balaban J connectivity index is 1.95. The van der Waals surface area contributed by atoms with Crippen LogP contribution in [0, 0.1) is 17.7 Å². The van der Waals surface area contributed by atoms with E-state index in [1.165, 1.54) is 29.5 Å². The predicted octanol–water partition coefficient (Wildman–Crippen LogP) is 2.13. The molecule has 0 bridgehead atoms. The summed E-state index contributed by atoms with van der Waals surface area (Å²) in [7, 11) is 0. The van der Waals surface area contributed by atoms with Crippen LogP contribution in [0.4, 0.5) is 4.39 Å². The Hall–Kier alpha value is -2.16. The van der Waals surface area contributed by atoms with Crippen LogP contribution in [0.15, 0.2) is 36.4 Å². The van der Waals surface area contributed by atoms with Crippen molar-refractivity contribution in [2.75, 3.05) is 6.54 Å². The van der Waals surface area contributed by atoms with E-state index in [0.29, 0.717) is 18.7 Å². The average molecular weight is 288 g/mol. The number of carbonyl (C=O) groups is 1. The summed E-state index contributed by atoms with van der Waals surface area (Å²) < 4.78 is 13.0. The van der Waals surface area contributed by atoms with E-state index in [2.05, 4.69) is 17.2 Å². The molecule has 0 saturated carbocycles. The van der Waals surface area contributed by atoms with Gasteiger partial charge < -0.3 is 11.1 Å². The van der Waals surface area contributed by atoms with E-state index >= 15 is 0 Å². The van der Waals surface area contributed by atoms with Crippen molar-refractivity contribution < 1.29 is 9.18 Å². The minimum absolute atomic E-state index is 0.299. The monoisotopic (exact) mass is 288 g/mol. The minimum Gasteiger partial charge on any atom is -0.347 e. The molecule has 0 aliphatic heterocycles. The summed E-state index contributed by atoms with van der Waals surface area (Å²) in [5.74, 6) is 4.99. The van der Waals surface area contributed by atoms with Gasteiger partial charge in [0, 0.05) is 10.4 Å². The zero-order valence-electron chi connectivity index (χ0n) is 10.7. The smallest absolute Gasteiger partial charge is 0.251 e. The molecule has 0 spiro atoms. The molecule has 20 heavy (non-hydrogen) atoms. The summed E-state index contributed by atoms with van der Waals surface area (Å²) >= 11 is 1.50. The van der Waals surface area contributed by atoms with Gasteiger partial charge in [-0.3, -0.25) is 4.79 Å². The van der Waals surface area contributed by atoms with Crippen LogP contribution < -0.4 is 11.1 Å². The van der Waals surface area contributed by atoms with Gasteiger partial charge in [-0.15, -0.1) is 11.3 Å². The van der Waals surface area contributed by atoms with Crippen molar-refractivity contribution in [2.45, 2.75) is 6.54 Å². The Kier molecular flexibility index (Phi) is 4.88. The highest BCUT2D eigenvalue weighted by molar-refractivity contribution is 7.12. The molecule has 102 valence electrons. The molecule has 2 rings (SSSR count). The van der Waals surface area contributed by atoms with Crippen LogP contribution in [0.1, 0.15) is 20.1 Å². The van der Waals surface area contributed by atoms with Crippen LogP contribution in [-0.4, -0.2) is 12.5 Å². The first-order chi connectivity index (χ1) is 9.69.